The minimum absolute atomic E-state index is 0.135. The van der Waals surface area contributed by atoms with E-state index in [1.165, 1.54) is 25.3 Å². The summed E-state index contributed by atoms with van der Waals surface area (Å²) in [6.45, 7) is 0.392. The Morgan fingerprint density at radius 1 is 0.895 bits per heavy atom. The molecule has 194 valence electrons. The van der Waals surface area contributed by atoms with Crippen LogP contribution in [0.1, 0.15) is 22.3 Å². The fraction of sp³-hybridized carbons (Fsp3) is 0.100. The normalized spacial score (nSPS) is 11.3. The minimum atomic E-state index is -4.15. The van der Waals surface area contributed by atoms with Crippen LogP contribution in [0.5, 0.6) is 11.5 Å². The summed E-state index contributed by atoms with van der Waals surface area (Å²) >= 11 is 3.26. The van der Waals surface area contributed by atoms with Crippen LogP contribution >= 0.6 is 15.9 Å². The summed E-state index contributed by atoms with van der Waals surface area (Å²) < 4.78 is 39.4. The predicted octanol–water partition coefficient (Wildman–Crippen LogP) is 6.15. The molecular weight excluding hydrogens is 566 g/mol. The number of benzene rings is 4. The highest BCUT2D eigenvalue weighted by molar-refractivity contribution is 9.10. The number of amides is 1. The second-order valence-corrected chi connectivity index (χ2v) is 11.0. The fourth-order valence-corrected chi connectivity index (χ4v) is 5.46. The van der Waals surface area contributed by atoms with E-state index >= 15 is 0 Å². The van der Waals surface area contributed by atoms with Crippen molar-refractivity contribution in [3.63, 3.8) is 0 Å². The zero-order valence-electron chi connectivity index (χ0n) is 20.6. The second-order valence-electron chi connectivity index (χ2n) is 8.40. The fourth-order valence-electron chi connectivity index (χ4n) is 3.81. The molecule has 0 radical (unpaired) electrons. The van der Waals surface area contributed by atoms with Crippen molar-refractivity contribution in [3.8, 4) is 11.5 Å². The lowest BCUT2D eigenvalue weighted by Gasteiger charge is -2.12. The monoisotopic (exact) mass is 591 g/mol. The van der Waals surface area contributed by atoms with Gasteiger partial charge < -0.3 is 9.47 Å². The van der Waals surface area contributed by atoms with E-state index in [-0.39, 0.29) is 10.6 Å². The van der Waals surface area contributed by atoms with Crippen LogP contribution < -0.4 is 14.2 Å². The number of sulfonamides is 1. The summed E-state index contributed by atoms with van der Waals surface area (Å²) in [6.07, 6.45) is 3.46. The van der Waals surface area contributed by atoms with Gasteiger partial charge in [-0.1, -0.05) is 82.7 Å². The summed E-state index contributed by atoms with van der Waals surface area (Å²) in [5, 5.41) is 0. The number of halogens is 1. The van der Waals surface area contributed by atoms with Gasteiger partial charge in [-0.05, 0) is 65.1 Å². The quantitative estimate of drug-likeness (QED) is 0.224. The maximum absolute atomic E-state index is 12.8. The van der Waals surface area contributed by atoms with Gasteiger partial charge in [-0.25, -0.2) is 13.1 Å². The predicted molar refractivity (Wildman–Crippen MR) is 152 cm³/mol. The molecule has 0 aliphatic carbocycles. The van der Waals surface area contributed by atoms with E-state index in [0.717, 1.165) is 28.0 Å². The third kappa shape index (κ3) is 7.34. The van der Waals surface area contributed by atoms with E-state index < -0.39 is 15.9 Å². The molecule has 8 heteroatoms. The van der Waals surface area contributed by atoms with Gasteiger partial charge in [0.2, 0.25) is 0 Å². The van der Waals surface area contributed by atoms with E-state index in [1.807, 2.05) is 78.9 Å². The van der Waals surface area contributed by atoms with E-state index in [9.17, 15) is 13.2 Å². The van der Waals surface area contributed by atoms with Gasteiger partial charge in [0.25, 0.3) is 15.9 Å². The zero-order valence-corrected chi connectivity index (χ0v) is 23.0. The molecule has 0 aliphatic rings. The molecule has 0 saturated heterocycles. The maximum Gasteiger partial charge on any atom is 0.268 e. The van der Waals surface area contributed by atoms with Crippen LogP contribution in [0.15, 0.2) is 113 Å². The van der Waals surface area contributed by atoms with Crippen LogP contribution in [0.3, 0.4) is 0 Å². The van der Waals surface area contributed by atoms with Gasteiger partial charge in [0.15, 0.2) is 0 Å². The molecule has 0 bridgehead atoms. The average molecular weight is 593 g/mol. The van der Waals surface area contributed by atoms with Crippen molar-refractivity contribution in [2.45, 2.75) is 17.9 Å². The first-order chi connectivity index (χ1) is 18.3. The van der Waals surface area contributed by atoms with Crippen LogP contribution in [0.2, 0.25) is 0 Å². The molecule has 0 spiro atoms. The Morgan fingerprint density at radius 2 is 1.61 bits per heavy atom. The molecule has 0 unspecified atom stereocenters. The number of ether oxygens (including phenoxy) is 2. The Bertz CT molecular complexity index is 1540. The highest BCUT2D eigenvalue weighted by Gasteiger charge is 2.21. The molecular formula is C30H26BrNO5S. The van der Waals surface area contributed by atoms with Crippen molar-refractivity contribution in [2.24, 2.45) is 0 Å². The number of hydrogen-bond donors (Lipinski definition) is 1. The van der Waals surface area contributed by atoms with Crippen LogP contribution in [-0.2, 0) is 27.8 Å². The number of carbonyl (C=O) groups excluding carboxylic acids is 1. The van der Waals surface area contributed by atoms with E-state index in [4.69, 9.17) is 9.47 Å². The van der Waals surface area contributed by atoms with Gasteiger partial charge in [0.05, 0.1) is 7.11 Å². The summed E-state index contributed by atoms with van der Waals surface area (Å²) in [5.74, 6) is 0.145. The number of rotatable bonds is 10. The first-order valence-electron chi connectivity index (χ1n) is 11.8. The zero-order chi connectivity index (χ0) is 27.0. The molecule has 0 atom stereocenters. The SMILES string of the molecule is COc1ccc(Br)cc1S(=O)(=O)NC(=O)C=Cc1ccc(COc2ccccc2)cc1Cc1ccccc1. The smallest absolute Gasteiger partial charge is 0.268 e. The summed E-state index contributed by atoms with van der Waals surface area (Å²) in [7, 11) is -2.78. The average Bonchev–Trinajstić information content (AvgIpc) is 2.92. The Hall–Kier alpha value is -3.88. The molecule has 0 fully saturated rings. The van der Waals surface area contributed by atoms with Gasteiger partial charge in [-0.3, -0.25) is 4.79 Å². The lowest BCUT2D eigenvalue weighted by Crippen LogP contribution is -2.29. The van der Waals surface area contributed by atoms with Crippen LogP contribution in [0.4, 0.5) is 0 Å². The van der Waals surface area contributed by atoms with Gasteiger partial charge in [0.1, 0.15) is 23.0 Å². The van der Waals surface area contributed by atoms with Crippen LogP contribution in [-0.4, -0.2) is 21.4 Å². The van der Waals surface area contributed by atoms with Gasteiger partial charge in [-0.2, -0.15) is 0 Å². The Morgan fingerprint density at radius 3 is 2.32 bits per heavy atom. The van der Waals surface area contributed by atoms with Crippen LogP contribution in [0.25, 0.3) is 6.08 Å². The maximum atomic E-state index is 12.8. The number of methoxy groups -OCH3 is 1. The molecule has 4 aromatic carbocycles. The first-order valence-corrected chi connectivity index (χ1v) is 14.0. The summed E-state index contributed by atoms with van der Waals surface area (Å²) in [4.78, 5) is 12.5. The van der Waals surface area contributed by atoms with E-state index in [0.29, 0.717) is 17.5 Å². The minimum Gasteiger partial charge on any atom is -0.495 e. The van der Waals surface area contributed by atoms with Gasteiger partial charge >= 0.3 is 0 Å². The topological polar surface area (TPSA) is 81.7 Å². The summed E-state index contributed by atoms with van der Waals surface area (Å²) in [5.41, 5.74) is 3.86. The number of nitrogens with one attached hydrogen (secondary N) is 1. The molecule has 4 aromatic rings. The molecule has 38 heavy (non-hydrogen) atoms. The van der Waals surface area contributed by atoms with Crippen molar-refractivity contribution >= 4 is 37.9 Å². The number of para-hydroxylation sites is 1. The lowest BCUT2D eigenvalue weighted by atomic mass is 9.97. The van der Waals surface area contributed by atoms with E-state index in [1.54, 1.807) is 12.1 Å². The third-order valence-corrected chi connectivity index (χ3v) is 7.52. The Balaban J connectivity index is 1.55. The van der Waals surface area contributed by atoms with Crippen molar-refractivity contribution in [3.05, 3.63) is 130 Å². The highest BCUT2D eigenvalue weighted by atomic mass is 79.9. The highest BCUT2D eigenvalue weighted by Crippen LogP contribution is 2.27. The van der Waals surface area contributed by atoms with Crippen molar-refractivity contribution < 1.29 is 22.7 Å². The summed E-state index contributed by atoms with van der Waals surface area (Å²) in [6, 6.07) is 30.0. The molecule has 0 aliphatic heterocycles. The third-order valence-electron chi connectivity index (χ3n) is 5.66. The molecule has 4 rings (SSSR count). The first kappa shape index (κ1) is 27.2. The van der Waals surface area contributed by atoms with Gasteiger partial charge in [0, 0.05) is 10.5 Å². The Labute approximate surface area is 231 Å². The standard InChI is InChI=1S/C30H26BrNO5S/c1-36-28-16-15-26(31)20-29(28)38(34,35)32-30(33)17-14-24-13-12-23(21-37-27-10-6-3-7-11-27)19-25(24)18-22-8-4-2-5-9-22/h2-17,19-20H,18,21H2,1H3,(H,32,33). The van der Waals surface area contributed by atoms with Gasteiger partial charge in [-0.15, -0.1) is 0 Å². The Kier molecular flexibility index (Phi) is 8.99. The van der Waals surface area contributed by atoms with E-state index in [2.05, 4.69) is 20.7 Å². The largest absolute Gasteiger partial charge is 0.495 e. The second kappa shape index (κ2) is 12.6. The lowest BCUT2D eigenvalue weighted by molar-refractivity contribution is -0.114. The van der Waals surface area contributed by atoms with Crippen molar-refractivity contribution in [1.82, 2.24) is 4.72 Å². The van der Waals surface area contributed by atoms with Crippen molar-refractivity contribution in [2.75, 3.05) is 7.11 Å². The molecule has 0 heterocycles. The van der Waals surface area contributed by atoms with Crippen LogP contribution in [0, 0.1) is 0 Å². The molecule has 1 N–H and O–H groups in total. The molecule has 6 nitrogen and oxygen atoms in total. The molecule has 0 aromatic heterocycles. The molecule has 0 saturated carbocycles. The molecule has 1 amide bonds. The number of hydrogen-bond acceptors (Lipinski definition) is 5. The van der Waals surface area contributed by atoms with Crippen molar-refractivity contribution in [1.29, 1.82) is 0 Å². The number of carbonyl (C=O) groups is 1.